The fourth-order valence-electron chi connectivity index (χ4n) is 2.08. The molecule has 1 fully saturated rings. The van der Waals surface area contributed by atoms with Crippen molar-refractivity contribution in [1.82, 2.24) is 5.32 Å². The number of benzene rings is 1. The molecule has 1 amide bonds. The summed E-state index contributed by atoms with van der Waals surface area (Å²) in [5.74, 6) is 0.629. The van der Waals surface area contributed by atoms with Gasteiger partial charge in [0, 0.05) is 18.7 Å². The van der Waals surface area contributed by atoms with Gasteiger partial charge < -0.3 is 14.8 Å². The highest BCUT2D eigenvalue weighted by atomic mass is 79.9. The van der Waals surface area contributed by atoms with Crippen molar-refractivity contribution in [2.24, 2.45) is 0 Å². The van der Waals surface area contributed by atoms with Crippen molar-refractivity contribution < 1.29 is 14.3 Å². The molecule has 1 atom stereocenters. The molecule has 19 heavy (non-hydrogen) atoms. The molecule has 0 aromatic heterocycles. The molecule has 1 aliphatic rings. The van der Waals surface area contributed by atoms with Gasteiger partial charge in [0.05, 0.1) is 17.7 Å². The molecule has 1 N–H and O–H groups in total. The van der Waals surface area contributed by atoms with Crippen LogP contribution >= 0.6 is 15.9 Å². The molecule has 0 aliphatic carbocycles. The quantitative estimate of drug-likeness (QED) is 0.925. The van der Waals surface area contributed by atoms with Crippen molar-refractivity contribution in [3.63, 3.8) is 0 Å². The van der Waals surface area contributed by atoms with Gasteiger partial charge in [-0.3, -0.25) is 4.79 Å². The molecule has 0 bridgehead atoms. The van der Waals surface area contributed by atoms with Crippen molar-refractivity contribution in [1.29, 1.82) is 0 Å². The summed E-state index contributed by atoms with van der Waals surface area (Å²) in [7, 11) is 1.60. The second-order valence-electron chi connectivity index (χ2n) is 4.55. The van der Waals surface area contributed by atoms with Crippen molar-refractivity contribution in [3.8, 4) is 5.75 Å². The molecule has 1 aromatic carbocycles. The van der Waals surface area contributed by atoms with E-state index in [1.807, 2.05) is 0 Å². The first-order valence-electron chi connectivity index (χ1n) is 6.44. The summed E-state index contributed by atoms with van der Waals surface area (Å²) >= 11 is 3.37. The molecule has 1 aliphatic heterocycles. The number of hydrogen-bond donors (Lipinski definition) is 1. The summed E-state index contributed by atoms with van der Waals surface area (Å²) in [6.45, 7) is 1.37. The highest BCUT2D eigenvalue weighted by Gasteiger charge is 2.15. The van der Waals surface area contributed by atoms with Crippen LogP contribution in [0.25, 0.3) is 0 Å². The number of hydrogen-bond acceptors (Lipinski definition) is 3. The van der Waals surface area contributed by atoms with E-state index in [9.17, 15) is 4.79 Å². The van der Waals surface area contributed by atoms with Gasteiger partial charge in [-0.25, -0.2) is 0 Å². The molecule has 1 heterocycles. The Balaban J connectivity index is 1.90. The largest absolute Gasteiger partial charge is 0.496 e. The van der Waals surface area contributed by atoms with E-state index < -0.39 is 0 Å². The van der Waals surface area contributed by atoms with Crippen LogP contribution in [0.2, 0.25) is 0 Å². The molecule has 1 unspecified atom stereocenters. The van der Waals surface area contributed by atoms with Gasteiger partial charge in [0.25, 0.3) is 5.91 Å². The Morgan fingerprint density at radius 1 is 1.53 bits per heavy atom. The monoisotopic (exact) mass is 327 g/mol. The maximum absolute atomic E-state index is 12.0. The molecule has 0 spiro atoms. The molecule has 0 radical (unpaired) electrons. The molecular weight excluding hydrogens is 310 g/mol. The second-order valence-corrected chi connectivity index (χ2v) is 5.40. The minimum Gasteiger partial charge on any atom is -0.496 e. The number of nitrogens with one attached hydrogen (secondary N) is 1. The SMILES string of the molecule is COc1ccc(C(=O)NCC2CCCCO2)cc1Br. The van der Waals surface area contributed by atoms with Gasteiger partial charge in [-0.05, 0) is 53.4 Å². The van der Waals surface area contributed by atoms with E-state index in [1.54, 1.807) is 25.3 Å². The summed E-state index contributed by atoms with van der Waals surface area (Å²) in [6.07, 6.45) is 3.47. The van der Waals surface area contributed by atoms with Crippen LogP contribution < -0.4 is 10.1 Å². The zero-order chi connectivity index (χ0) is 13.7. The number of ether oxygens (including phenoxy) is 2. The van der Waals surface area contributed by atoms with Gasteiger partial charge in [-0.15, -0.1) is 0 Å². The Labute approximate surface area is 121 Å². The Morgan fingerprint density at radius 2 is 2.37 bits per heavy atom. The predicted molar refractivity (Wildman–Crippen MR) is 76.6 cm³/mol. The maximum Gasteiger partial charge on any atom is 0.251 e. The molecule has 1 saturated heterocycles. The summed E-state index contributed by atoms with van der Waals surface area (Å²) in [4.78, 5) is 12.0. The van der Waals surface area contributed by atoms with Crippen LogP contribution in [-0.4, -0.2) is 32.3 Å². The van der Waals surface area contributed by atoms with Crippen molar-refractivity contribution in [2.75, 3.05) is 20.3 Å². The molecule has 2 rings (SSSR count). The zero-order valence-corrected chi connectivity index (χ0v) is 12.5. The Bertz CT molecular complexity index is 444. The summed E-state index contributed by atoms with van der Waals surface area (Å²) in [5, 5.41) is 2.91. The molecule has 5 heteroatoms. The average Bonchev–Trinajstić information content (AvgIpc) is 2.45. The van der Waals surface area contributed by atoms with Crippen LogP contribution in [0, 0.1) is 0 Å². The van der Waals surface area contributed by atoms with E-state index in [0.29, 0.717) is 17.9 Å². The Hall–Kier alpha value is -1.07. The van der Waals surface area contributed by atoms with Gasteiger partial charge in [-0.1, -0.05) is 0 Å². The van der Waals surface area contributed by atoms with Crippen molar-refractivity contribution in [2.45, 2.75) is 25.4 Å². The number of methoxy groups -OCH3 is 1. The van der Waals surface area contributed by atoms with E-state index in [4.69, 9.17) is 9.47 Å². The lowest BCUT2D eigenvalue weighted by Gasteiger charge is -2.22. The summed E-state index contributed by atoms with van der Waals surface area (Å²) < 4.78 is 11.5. The van der Waals surface area contributed by atoms with Gasteiger partial charge in [0.1, 0.15) is 5.75 Å². The summed E-state index contributed by atoms with van der Waals surface area (Å²) in [6, 6.07) is 5.28. The first kappa shape index (κ1) is 14.3. The van der Waals surface area contributed by atoms with E-state index in [-0.39, 0.29) is 12.0 Å². The first-order chi connectivity index (χ1) is 9.20. The van der Waals surface area contributed by atoms with Gasteiger partial charge in [0.2, 0.25) is 0 Å². The normalized spacial score (nSPS) is 18.9. The number of carbonyl (C=O) groups is 1. The van der Waals surface area contributed by atoms with Crippen LogP contribution in [0.15, 0.2) is 22.7 Å². The molecule has 104 valence electrons. The fraction of sp³-hybridized carbons (Fsp3) is 0.500. The lowest BCUT2D eigenvalue weighted by molar-refractivity contribution is 0.0169. The third kappa shape index (κ3) is 3.94. The average molecular weight is 328 g/mol. The van der Waals surface area contributed by atoms with Crippen molar-refractivity contribution in [3.05, 3.63) is 28.2 Å². The number of rotatable bonds is 4. The smallest absolute Gasteiger partial charge is 0.251 e. The summed E-state index contributed by atoms with van der Waals surface area (Å²) in [5.41, 5.74) is 0.614. The van der Waals surface area contributed by atoms with Crippen LogP contribution in [0.5, 0.6) is 5.75 Å². The molecule has 0 saturated carbocycles. The topological polar surface area (TPSA) is 47.6 Å². The number of amides is 1. The van der Waals surface area contributed by atoms with E-state index >= 15 is 0 Å². The lowest BCUT2D eigenvalue weighted by atomic mass is 10.1. The molecular formula is C14H18BrNO3. The van der Waals surface area contributed by atoms with E-state index in [1.165, 1.54) is 6.42 Å². The molecule has 1 aromatic rings. The van der Waals surface area contributed by atoms with E-state index in [2.05, 4.69) is 21.2 Å². The minimum absolute atomic E-state index is 0.0856. The highest BCUT2D eigenvalue weighted by molar-refractivity contribution is 9.10. The van der Waals surface area contributed by atoms with Crippen LogP contribution in [-0.2, 0) is 4.74 Å². The number of halogens is 1. The zero-order valence-electron chi connectivity index (χ0n) is 10.9. The first-order valence-corrected chi connectivity index (χ1v) is 7.23. The van der Waals surface area contributed by atoms with Gasteiger partial charge in [-0.2, -0.15) is 0 Å². The van der Waals surface area contributed by atoms with Crippen LogP contribution in [0.4, 0.5) is 0 Å². The fourth-order valence-corrected chi connectivity index (χ4v) is 2.63. The third-order valence-corrected chi connectivity index (χ3v) is 3.80. The third-order valence-electron chi connectivity index (χ3n) is 3.18. The Kier molecular flexibility index (Phi) is 5.22. The Morgan fingerprint density at radius 3 is 3.00 bits per heavy atom. The minimum atomic E-state index is -0.0856. The highest BCUT2D eigenvalue weighted by Crippen LogP contribution is 2.25. The number of carbonyl (C=O) groups excluding carboxylic acids is 1. The molecule has 4 nitrogen and oxygen atoms in total. The second kappa shape index (κ2) is 6.91. The lowest BCUT2D eigenvalue weighted by Crippen LogP contribution is -2.35. The van der Waals surface area contributed by atoms with Gasteiger partial charge in [0.15, 0.2) is 0 Å². The van der Waals surface area contributed by atoms with Crippen LogP contribution in [0.1, 0.15) is 29.6 Å². The maximum atomic E-state index is 12.0. The van der Waals surface area contributed by atoms with Gasteiger partial charge >= 0.3 is 0 Å². The van der Waals surface area contributed by atoms with E-state index in [0.717, 1.165) is 23.9 Å². The predicted octanol–water partition coefficient (Wildman–Crippen LogP) is 2.76. The standard InChI is InChI=1S/C14H18BrNO3/c1-18-13-6-5-10(8-12(13)15)14(17)16-9-11-4-2-3-7-19-11/h5-6,8,11H,2-4,7,9H2,1H3,(H,16,17). The van der Waals surface area contributed by atoms with Crippen LogP contribution in [0.3, 0.4) is 0 Å². The van der Waals surface area contributed by atoms with Crippen molar-refractivity contribution >= 4 is 21.8 Å².